The Morgan fingerprint density at radius 3 is 2.78 bits per heavy atom. The molecule has 1 amide bonds. The highest BCUT2D eigenvalue weighted by atomic mass is 32.2. The van der Waals surface area contributed by atoms with Crippen molar-refractivity contribution in [1.82, 2.24) is 14.8 Å². The average Bonchev–Trinajstić information content (AvgIpc) is 3.56. The molecule has 37 heavy (non-hydrogen) atoms. The number of nitrogens with zero attached hydrogens (tertiary/aromatic N) is 4. The average molecular weight is 554 g/mol. The first-order chi connectivity index (χ1) is 17.7. The van der Waals surface area contributed by atoms with Crippen molar-refractivity contribution in [3.05, 3.63) is 31.8 Å². The summed E-state index contributed by atoms with van der Waals surface area (Å²) >= 11 is 4.81. The molecule has 0 saturated heterocycles. The monoisotopic (exact) mass is 553 g/mol. The second-order valence-electron chi connectivity index (χ2n) is 11.2. The van der Waals surface area contributed by atoms with E-state index in [1.165, 1.54) is 39.1 Å². The first-order valence-corrected chi connectivity index (χ1v) is 15.9. The third-order valence-electron chi connectivity index (χ3n) is 8.46. The Balaban J connectivity index is 1.25. The predicted octanol–water partition coefficient (Wildman–Crippen LogP) is 6.87. The highest BCUT2D eigenvalue weighted by Gasteiger charge is 2.34. The van der Waals surface area contributed by atoms with Gasteiger partial charge in [-0.05, 0) is 66.9 Å². The Morgan fingerprint density at radius 2 is 2.03 bits per heavy atom. The van der Waals surface area contributed by atoms with Crippen LogP contribution in [0.15, 0.2) is 10.5 Å². The maximum atomic E-state index is 12.9. The van der Waals surface area contributed by atoms with Gasteiger partial charge in [0.25, 0.3) is 0 Å². The number of fused-ring (bicyclic) bond motifs is 2. The molecule has 0 spiro atoms. The SMILES string of the molecule is CCC(C)(C)C1CCc2c(sc(NC(=O)CSc3nnc(-c4csc5c4CCC(C)C5)n3C)c2C#N)C1. The van der Waals surface area contributed by atoms with Gasteiger partial charge in [0.15, 0.2) is 11.0 Å². The molecule has 0 saturated carbocycles. The molecule has 2 aliphatic rings. The number of thioether (sulfide) groups is 1. The van der Waals surface area contributed by atoms with Crippen LogP contribution in [-0.2, 0) is 37.5 Å². The summed E-state index contributed by atoms with van der Waals surface area (Å²) in [5.74, 6) is 2.33. The summed E-state index contributed by atoms with van der Waals surface area (Å²) in [6.45, 7) is 9.25. The molecule has 1 N–H and O–H groups in total. The lowest BCUT2D eigenvalue weighted by Gasteiger charge is -2.36. The molecule has 0 aliphatic heterocycles. The van der Waals surface area contributed by atoms with Crippen LogP contribution >= 0.6 is 34.4 Å². The van der Waals surface area contributed by atoms with Crippen molar-refractivity contribution in [2.24, 2.45) is 24.3 Å². The van der Waals surface area contributed by atoms with Gasteiger partial charge in [-0.25, -0.2) is 0 Å². The summed E-state index contributed by atoms with van der Waals surface area (Å²) in [4.78, 5) is 15.7. The largest absolute Gasteiger partial charge is 0.316 e. The number of hydrogen-bond donors (Lipinski definition) is 1. The molecule has 3 heterocycles. The van der Waals surface area contributed by atoms with Crippen LogP contribution in [0.25, 0.3) is 11.4 Å². The molecule has 0 bridgehead atoms. The van der Waals surface area contributed by atoms with Gasteiger partial charge in [0.2, 0.25) is 5.91 Å². The van der Waals surface area contributed by atoms with Gasteiger partial charge in [-0.15, -0.1) is 32.9 Å². The third kappa shape index (κ3) is 5.13. The Morgan fingerprint density at radius 1 is 1.24 bits per heavy atom. The molecule has 196 valence electrons. The maximum Gasteiger partial charge on any atom is 0.235 e. The maximum absolute atomic E-state index is 12.9. The van der Waals surface area contributed by atoms with E-state index in [1.54, 1.807) is 11.3 Å². The summed E-state index contributed by atoms with van der Waals surface area (Å²) in [6, 6.07) is 2.37. The number of nitriles is 1. The fourth-order valence-corrected chi connectivity index (χ4v) is 8.83. The van der Waals surface area contributed by atoms with Crippen LogP contribution in [-0.4, -0.2) is 26.4 Å². The summed E-state index contributed by atoms with van der Waals surface area (Å²) in [5, 5.41) is 25.4. The van der Waals surface area contributed by atoms with Crippen molar-refractivity contribution in [1.29, 1.82) is 5.26 Å². The first-order valence-electron chi connectivity index (χ1n) is 13.2. The topological polar surface area (TPSA) is 83.6 Å². The lowest BCUT2D eigenvalue weighted by Crippen LogP contribution is -2.28. The van der Waals surface area contributed by atoms with Crippen LogP contribution in [0.1, 0.15) is 73.4 Å². The minimum Gasteiger partial charge on any atom is -0.316 e. The fourth-order valence-electron chi connectivity index (χ4n) is 5.58. The van der Waals surface area contributed by atoms with Crippen molar-refractivity contribution < 1.29 is 4.79 Å². The van der Waals surface area contributed by atoms with Gasteiger partial charge in [0, 0.05) is 27.7 Å². The number of aromatic nitrogens is 3. The van der Waals surface area contributed by atoms with Gasteiger partial charge < -0.3 is 9.88 Å². The van der Waals surface area contributed by atoms with Crippen LogP contribution in [0.3, 0.4) is 0 Å². The van der Waals surface area contributed by atoms with E-state index in [0.29, 0.717) is 16.5 Å². The zero-order valence-electron chi connectivity index (χ0n) is 22.3. The lowest BCUT2D eigenvalue weighted by atomic mass is 9.69. The number of anilines is 1. The zero-order chi connectivity index (χ0) is 26.3. The molecule has 2 atom stereocenters. The van der Waals surface area contributed by atoms with E-state index in [2.05, 4.69) is 54.7 Å². The molecule has 3 aromatic rings. The molecule has 6 nitrogen and oxygen atoms in total. The molecule has 0 fully saturated rings. The van der Waals surface area contributed by atoms with E-state index in [4.69, 9.17) is 0 Å². The third-order valence-corrected chi connectivity index (χ3v) is 11.7. The summed E-state index contributed by atoms with van der Waals surface area (Å²) in [7, 11) is 1.97. The molecule has 5 rings (SSSR count). The van der Waals surface area contributed by atoms with Gasteiger partial charge in [-0.2, -0.15) is 5.26 Å². The Bertz CT molecular complexity index is 1360. The van der Waals surface area contributed by atoms with Gasteiger partial charge in [0.05, 0.1) is 11.3 Å². The number of nitrogens with one attached hydrogen (secondary N) is 1. The smallest absolute Gasteiger partial charge is 0.235 e. The number of thiophene rings is 2. The van der Waals surface area contributed by atoms with Crippen molar-refractivity contribution in [3.63, 3.8) is 0 Å². The van der Waals surface area contributed by atoms with Crippen LogP contribution in [0.4, 0.5) is 5.00 Å². The molecular weight excluding hydrogens is 519 g/mol. The van der Waals surface area contributed by atoms with Crippen molar-refractivity contribution >= 4 is 45.3 Å². The van der Waals surface area contributed by atoms with E-state index in [-0.39, 0.29) is 17.1 Å². The molecule has 9 heteroatoms. The molecule has 2 aliphatic carbocycles. The predicted molar refractivity (Wildman–Crippen MR) is 153 cm³/mol. The van der Waals surface area contributed by atoms with E-state index in [0.717, 1.165) is 61.0 Å². The second kappa shape index (κ2) is 10.5. The van der Waals surface area contributed by atoms with Crippen LogP contribution in [0, 0.1) is 28.6 Å². The number of amides is 1. The molecule has 0 aromatic carbocycles. The minimum atomic E-state index is -0.114. The summed E-state index contributed by atoms with van der Waals surface area (Å²) in [5.41, 5.74) is 4.69. The van der Waals surface area contributed by atoms with Gasteiger partial charge in [-0.3, -0.25) is 4.79 Å². The fraction of sp³-hybridized carbons (Fsp3) is 0.571. The molecular formula is C28H35N5OS3. The molecule has 3 aromatic heterocycles. The first kappa shape index (κ1) is 26.5. The molecule has 0 radical (unpaired) electrons. The minimum absolute atomic E-state index is 0.114. The normalized spacial score (nSPS) is 19.2. The summed E-state index contributed by atoms with van der Waals surface area (Å²) in [6.07, 6.45) is 7.60. The lowest BCUT2D eigenvalue weighted by molar-refractivity contribution is -0.113. The van der Waals surface area contributed by atoms with Crippen LogP contribution in [0.5, 0.6) is 0 Å². The second-order valence-corrected chi connectivity index (χ2v) is 14.2. The van der Waals surface area contributed by atoms with E-state index < -0.39 is 0 Å². The van der Waals surface area contributed by atoms with Crippen molar-refractivity contribution in [3.8, 4) is 17.5 Å². The zero-order valence-corrected chi connectivity index (χ0v) is 24.8. The Kier molecular flexibility index (Phi) is 7.54. The van der Waals surface area contributed by atoms with Crippen molar-refractivity contribution in [2.45, 2.75) is 77.8 Å². The highest BCUT2D eigenvalue weighted by molar-refractivity contribution is 7.99. The number of carbonyl (C=O) groups is 1. The number of carbonyl (C=O) groups excluding carboxylic acids is 1. The van der Waals surface area contributed by atoms with E-state index >= 15 is 0 Å². The summed E-state index contributed by atoms with van der Waals surface area (Å²) < 4.78 is 2.00. The van der Waals surface area contributed by atoms with E-state index in [1.807, 2.05) is 23.0 Å². The standard InChI is InChI=1S/C28H35N5OS3/c1-6-28(3,4)17-8-10-18-20(13-29)26(37-23(18)12-17)30-24(34)15-36-27-32-31-25(33(27)5)21-14-35-22-11-16(2)7-9-19(21)22/h14,16-17H,6-12,15H2,1-5H3,(H,30,34). The van der Waals surface area contributed by atoms with Crippen LogP contribution < -0.4 is 5.32 Å². The van der Waals surface area contributed by atoms with Crippen molar-refractivity contribution in [2.75, 3.05) is 11.1 Å². The number of hydrogen-bond acceptors (Lipinski definition) is 7. The van der Waals surface area contributed by atoms with Gasteiger partial charge >= 0.3 is 0 Å². The quantitative estimate of drug-likeness (QED) is 0.323. The van der Waals surface area contributed by atoms with Crippen LogP contribution in [0.2, 0.25) is 0 Å². The van der Waals surface area contributed by atoms with Gasteiger partial charge in [0.1, 0.15) is 11.1 Å². The molecule has 2 unspecified atom stereocenters. The van der Waals surface area contributed by atoms with Gasteiger partial charge in [-0.1, -0.05) is 45.9 Å². The Labute approximate surface area is 231 Å². The van der Waals surface area contributed by atoms with E-state index in [9.17, 15) is 10.1 Å². The Hall–Kier alpha value is -2.15. The number of rotatable bonds is 7. The highest BCUT2D eigenvalue weighted by Crippen LogP contribution is 2.45.